The minimum atomic E-state index is -0.530. The zero-order chi connectivity index (χ0) is 35.8. The lowest BCUT2D eigenvalue weighted by molar-refractivity contribution is 0.792. The van der Waals surface area contributed by atoms with Gasteiger partial charge in [-0.15, -0.1) is 10.2 Å². The van der Waals surface area contributed by atoms with Crippen molar-refractivity contribution in [3.8, 4) is 39.3 Å². The minimum absolute atomic E-state index is 0.530. The Kier molecular flexibility index (Phi) is 5.54. The molecule has 0 N–H and O–H groups in total. The predicted octanol–water partition coefficient (Wildman–Crippen LogP) is 12.1. The number of hydrogen-bond donors (Lipinski definition) is 0. The molecule has 1 spiro atoms. The first-order chi connectivity index (χ1) is 27.3. The van der Waals surface area contributed by atoms with E-state index < -0.39 is 5.41 Å². The lowest BCUT2D eigenvalue weighted by Gasteiger charge is -2.31. The molecule has 2 aliphatic rings. The third-order valence-corrected chi connectivity index (χ3v) is 12.4. The van der Waals surface area contributed by atoms with Crippen LogP contribution < -0.4 is 0 Å². The van der Waals surface area contributed by atoms with E-state index in [1.165, 1.54) is 77.1 Å². The maximum absolute atomic E-state index is 4.96. The molecule has 4 nitrogen and oxygen atoms in total. The van der Waals surface area contributed by atoms with Gasteiger partial charge in [-0.1, -0.05) is 146 Å². The molecule has 0 aliphatic heterocycles. The molecule has 8 aromatic carbocycles. The first-order valence-electron chi connectivity index (χ1n) is 18.9. The smallest absolute Gasteiger partial charge is 0.169 e. The molecule has 2 aliphatic carbocycles. The maximum Gasteiger partial charge on any atom is 0.169 e. The molecular formula is C51H30N4. The molecule has 3 aromatic heterocycles. The number of hydrogen-bond acceptors (Lipinski definition) is 2. The number of rotatable bonds is 2. The number of para-hydroxylation sites is 3. The molecule has 0 bridgehead atoms. The van der Waals surface area contributed by atoms with Crippen molar-refractivity contribution in [2.75, 3.05) is 0 Å². The Labute approximate surface area is 316 Å². The van der Waals surface area contributed by atoms with Gasteiger partial charge in [-0.2, -0.15) is 0 Å². The van der Waals surface area contributed by atoms with Gasteiger partial charge in [0.15, 0.2) is 11.5 Å². The Balaban J connectivity index is 1.12. The number of pyridine rings is 1. The topological polar surface area (TPSA) is 35.1 Å². The molecule has 55 heavy (non-hydrogen) atoms. The van der Waals surface area contributed by atoms with Crippen LogP contribution in [0.1, 0.15) is 22.3 Å². The second-order valence-corrected chi connectivity index (χ2v) is 14.9. The fourth-order valence-corrected chi connectivity index (χ4v) is 10.3. The molecule has 3 heterocycles. The van der Waals surface area contributed by atoms with Crippen LogP contribution in [0, 0.1) is 0 Å². The first-order valence-corrected chi connectivity index (χ1v) is 18.9. The number of benzene rings is 8. The van der Waals surface area contributed by atoms with Gasteiger partial charge in [0.2, 0.25) is 0 Å². The Bertz CT molecular complexity index is 3360. The van der Waals surface area contributed by atoms with Gasteiger partial charge < -0.3 is 4.57 Å². The van der Waals surface area contributed by atoms with Crippen LogP contribution in [0.2, 0.25) is 0 Å². The highest BCUT2D eigenvalue weighted by atomic mass is 15.2. The summed E-state index contributed by atoms with van der Waals surface area (Å²) in [5.41, 5.74) is 16.4. The van der Waals surface area contributed by atoms with Crippen molar-refractivity contribution >= 4 is 49.1 Å². The van der Waals surface area contributed by atoms with E-state index in [1.54, 1.807) is 0 Å². The van der Waals surface area contributed by atoms with Crippen molar-refractivity contribution in [3.05, 3.63) is 204 Å². The normalized spacial score (nSPS) is 13.6. The van der Waals surface area contributed by atoms with E-state index in [4.69, 9.17) is 10.2 Å². The van der Waals surface area contributed by atoms with Crippen LogP contribution in [0.4, 0.5) is 0 Å². The molecule has 13 rings (SSSR count). The Morgan fingerprint density at radius 2 is 0.855 bits per heavy atom. The number of nitrogens with zero attached hydrogens (tertiary/aromatic N) is 4. The van der Waals surface area contributed by atoms with Gasteiger partial charge in [0.05, 0.1) is 22.0 Å². The van der Waals surface area contributed by atoms with Crippen LogP contribution in [0.5, 0.6) is 0 Å². The van der Waals surface area contributed by atoms with Gasteiger partial charge >= 0.3 is 0 Å². The van der Waals surface area contributed by atoms with Gasteiger partial charge in [-0.25, -0.2) is 0 Å². The van der Waals surface area contributed by atoms with Gasteiger partial charge in [0, 0.05) is 32.8 Å². The average Bonchev–Trinajstić information content (AvgIpc) is 4.00. The molecule has 0 saturated carbocycles. The van der Waals surface area contributed by atoms with Crippen LogP contribution in [0.3, 0.4) is 0 Å². The van der Waals surface area contributed by atoms with E-state index in [2.05, 4.69) is 191 Å². The van der Waals surface area contributed by atoms with Gasteiger partial charge in [0.1, 0.15) is 0 Å². The van der Waals surface area contributed by atoms with Crippen molar-refractivity contribution in [1.82, 2.24) is 19.2 Å². The SMILES string of the molecule is c1ccc2c(c1)-c1ccccc1C21c2cc(-c3nnc4c5ccccc5c5ccccc5n34)ccc2-c2ccc(-n3c4ccccc4c4ccccc43)cc21. The second-order valence-electron chi connectivity index (χ2n) is 14.9. The van der Waals surface area contributed by atoms with Crippen molar-refractivity contribution in [2.45, 2.75) is 5.41 Å². The Hall–Kier alpha value is -7.30. The summed E-state index contributed by atoms with van der Waals surface area (Å²) >= 11 is 0. The lowest BCUT2D eigenvalue weighted by Crippen LogP contribution is -2.26. The summed E-state index contributed by atoms with van der Waals surface area (Å²) < 4.78 is 4.70. The van der Waals surface area contributed by atoms with Gasteiger partial charge in [0.25, 0.3) is 0 Å². The van der Waals surface area contributed by atoms with E-state index in [-0.39, 0.29) is 0 Å². The largest absolute Gasteiger partial charge is 0.309 e. The van der Waals surface area contributed by atoms with E-state index in [9.17, 15) is 0 Å². The molecule has 0 unspecified atom stereocenters. The Morgan fingerprint density at radius 1 is 0.364 bits per heavy atom. The minimum Gasteiger partial charge on any atom is -0.309 e. The van der Waals surface area contributed by atoms with Crippen molar-refractivity contribution < 1.29 is 0 Å². The van der Waals surface area contributed by atoms with E-state index in [1.807, 2.05) is 0 Å². The van der Waals surface area contributed by atoms with Crippen molar-refractivity contribution in [1.29, 1.82) is 0 Å². The second kappa shape index (κ2) is 10.4. The zero-order valence-electron chi connectivity index (χ0n) is 29.6. The van der Waals surface area contributed by atoms with Gasteiger partial charge in [-0.3, -0.25) is 4.40 Å². The summed E-state index contributed by atoms with van der Waals surface area (Å²) in [4.78, 5) is 0. The van der Waals surface area contributed by atoms with Crippen LogP contribution in [-0.4, -0.2) is 19.2 Å². The van der Waals surface area contributed by atoms with E-state index in [0.717, 1.165) is 33.6 Å². The maximum atomic E-state index is 4.96. The zero-order valence-corrected chi connectivity index (χ0v) is 29.6. The van der Waals surface area contributed by atoms with Gasteiger partial charge in [-0.05, 0) is 86.3 Å². The summed E-state index contributed by atoms with van der Waals surface area (Å²) in [5.74, 6) is 0.844. The highest BCUT2D eigenvalue weighted by Gasteiger charge is 2.52. The summed E-state index contributed by atoms with van der Waals surface area (Å²) in [5, 5.41) is 15.8. The van der Waals surface area contributed by atoms with Crippen LogP contribution in [-0.2, 0) is 5.41 Å². The third kappa shape index (κ3) is 3.57. The first kappa shape index (κ1) is 29.2. The fraction of sp³-hybridized carbons (Fsp3) is 0.0196. The summed E-state index contributed by atoms with van der Waals surface area (Å²) in [6, 6.07) is 66.9. The number of fused-ring (bicyclic) bond motifs is 19. The van der Waals surface area contributed by atoms with Crippen molar-refractivity contribution in [3.63, 3.8) is 0 Å². The monoisotopic (exact) mass is 698 g/mol. The highest BCUT2D eigenvalue weighted by Crippen LogP contribution is 2.63. The molecule has 254 valence electrons. The molecular weight excluding hydrogens is 669 g/mol. The molecule has 0 radical (unpaired) electrons. The molecule has 4 heteroatoms. The molecule has 11 aromatic rings. The summed E-state index contributed by atoms with van der Waals surface area (Å²) in [7, 11) is 0. The highest BCUT2D eigenvalue weighted by molar-refractivity contribution is 6.12. The quantitative estimate of drug-likeness (QED) is 0.168. The van der Waals surface area contributed by atoms with Crippen LogP contribution in [0.15, 0.2) is 182 Å². The molecule has 0 saturated heterocycles. The van der Waals surface area contributed by atoms with Crippen LogP contribution in [0.25, 0.3) is 88.5 Å². The van der Waals surface area contributed by atoms with Crippen molar-refractivity contribution in [2.24, 2.45) is 0 Å². The van der Waals surface area contributed by atoms with Crippen LogP contribution >= 0.6 is 0 Å². The standard InChI is InChI=1S/C51H30N4/c1-2-19-41-33(13-1)38-16-5-12-24-48(38)55-49(52-53-50(41)55)31-25-27-36-37-28-26-32(54-46-22-10-6-17-39(46)40-18-7-11-23-47(40)54)30-45(37)51(44(36)29-31)42-20-8-3-14-34(42)35-15-4-9-21-43(35)51/h1-30H. The molecule has 0 atom stereocenters. The number of aromatic nitrogens is 4. The van der Waals surface area contributed by atoms with E-state index >= 15 is 0 Å². The fourth-order valence-electron chi connectivity index (χ4n) is 10.3. The van der Waals surface area contributed by atoms with E-state index in [0.29, 0.717) is 0 Å². The summed E-state index contributed by atoms with van der Waals surface area (Å²) in [6.45, 7) is 0. The average molecular weight is 699 g/mol. The molecule has 0 fully saturated rings. The lowest BCUT2D eigenvalue weighted by atomic mass is 9.70. The summed E-state index contributed by atoms with van der Waals surface area (Å²) in [6.07, 6.45) is 0. The third-order valence-electron chi connectivity index (χ3n) is 12.4. The Morgan fingerprint density at radius 3 is 1.53 bits per heavy atom. The predicted molar refractivity (Wildman–Crippen MR) is 224 cm³/mol. The molecule has 0 amide bonds.